The van der Waals surface area contributed by atoms with Crippen molar-refractivity contribution < 1.29 is 14.6 Å². The number of hydrogen-bond donors (Lipinski definition) is 3. The third kappa shape index (κ3) is 2.56. The van der Waals surface area contributed by atoms with Crippen molar-refractivity contribution in [2.24, 2.45) is 17.3 Å². The summed E-state index contributed by atoms with van der Waals surface area (Å²) >= 11 is 0. The van der Waals surface area contributed by atoms with Crippen LogP contribution in [0.4, 0.5) is 4.79 Å². The Balaban J connectivity index is 1.38. The van der Waals surface area contributed by atoms with Gasteiger partial charge in [0.05, 0.1) is 6.10 Å². The maximum atomic E-state index is 12.6. The standard InChI is InChI=1S/C18H30N2O3/c21-11-12-5-1-2-6-14(12)19-17(22)20-15-13-7-10-23-16(13)18(15)8-3-4-9-18/h12-16,21H,1-11H2,(H2,19,20,22). The lowest BCUT2D eigenvalue weighted by Crippen LogP contribution is -2.69. The molecule has 1 spiro atoms. The fourth-order valence-electron chi connectivity index (χ4n) is 5.87. The maximum Gasteiger partial charge on any atom is 0.315 e. The zero-order chi connectivity index (χ0) is 15.9. The van der Waals surface area contributed by atoms with Gasteiger partial charge >= 0.3 is 6.03 Å². The molecule has 4 rings (SSSR count). The van der Waals surface area contributed by atoms with Gasteiger partial charge < -0.3 is 20.5 Å². The molecule has 3 aliphatic carbocycles. The van der Waals surface area contributed by atoms with E-state index in [0.717, 1.165) is 38.7 Å². The van der Waals surface area contributed by atoms with E-state index in [4.69, 9.17) is 4.74 Å². The Bertz CT molecular complexity index is 450. The van der Waals surface area contributed by atoms with Gasteiger partial charge in [0.2, 0.25) is 0 Å². The van der Waals surface area contributed by atoms with Crippen molar-refractivity contribution in [2.45, 2.75) is 76.0 Å². The van der Waals surface area contributed by atoms with Crippen molar-refractivity contribution in [3.05, 3.63) is 0 Å². The summed E-state index contributed by atoms with van der Waals surface area (Å²) in [4.78, 5) is 12.6. The normalized spacial score (nSPS) is 41.3. The lowest BCUT2D eigenvalue weighted by Gasteiger charge is -2.56. The maximum absolute atomic E-state index is 12.6. The molecule has 1 aliphatic heterocycles. The summed E-state index contributed by atoms with van der Waals surface area (Å²) in [5, 5.41) is 16.0. The summed E-state index contributed by atoms with van der Waals surface area (Å²) < 4.78 is 5.98. The Morgan fingerprint density at radius 3 is 2.65 bits per heavy atom. The molecule has 5 heteroatoms. The van der Waals surface area contributed by atoms with Crippen LogP contribution in [0.25, 0.3) is 0 Å². The van der Waals surface area contributed by atoms with E-state index in [1.54, 1.807) is 0 Å². The molecular formula is C18H30N2O3. The Morgan fingerprint density at radius 1 is 1.09 bits per heavy atom. The molecule has 2 amide bonds. The van der Waals surface area contributed by atoms with Crippen LogP contribution in [0.2, 0.25) is 0 Å². The molecule has 0 aromatic rings. The number of carbonyl (C=O) groups is 1. The van der Waals surface area contributed by atoms with E-state index in [9.17, 15) is 9.90 Å². The first-order valence-electron chi connectivity index (χ1n) is 9.54. The van der Waals surface area contributed by atoms with E-state index in [-0.39, 0.29) is 36.1 Å². The van der Waals surface area contributed by atoms with Crippen LogP contribution >= 0.6 is 0 Å². The monoisotopic (exact) mass is 322 g/mol. The van der Waals surface area contributed by atoms with Gasteiger partial charge in [-0.15, -0.1) is 0 Å². The van der Waals surface area contributed by atoms with Crippen LogP contribution in [0.5, 0.6) is 0 Å². The van der Waals surface area contributed by atoms with Gasteiger partial charge in [-0.1, -0.05) is 25.7 Å². The third-order valence-electron chi connectivity index (χ3n) is 7.03. The predicted molar refractivity (Wildman–Crippen MR) is 87.0 cm³/mol. The molecule has 0 aromatic carbocycles. The zero-order valence-corrected chi connectivity index (χ0v) is 13.9. The Hall–Kier alpha value is -0.810. The van der Waals surface area contributed by atoms with Crippen LogP contribution in [0.15, 0.2) is 0 Å². The summed E-state index contributed by atoms with van der Waals surface area (Å²) in [5.74, 6) is 0.734. The summed E-state index contributed by atoms with van der Waals surface area (Å²) in [7, 11) is 0. The summed E-state index contributed by atoms with van der Waals surface area (Å²) in [6.45, 7) is 1.03. The fraction of sp³-hybridized carbons (Fsp3) is 0.944. The third-order valence-corrected chi connectivity index (χ3v) is 7.03. The summed E-state index contributed by atoms with van der Waals surface area (Å²) in [6.07, 6.45) is 10.7. The first kappa shape index (κ1) is 15.7. The smallest absolute Gasteiger partial charge is 0.315 e. The van der Waals surface area contributed by atoms with Crippen LogP contribution in [0, 0.1) is 17.3 Å². The first-order valence-corrected chi connectivity index (χ1v) is 9.54. The van der Waals surface area contributed by atoms with E-state index >= 15 is 0 Å². The molecular weight excluding hydrogens is 292 g/mol. The van der Waals surface area contributed by atoms with Crippen molar-refractivity contribution in [1.82, 2.24) is 10.6 Å². The number of aliphatic hydroxyl groups is 1. The number of amides is 2. The van der Waals surface area contributed by atoms with Gasteiger partial charge in [0.25, 0.3) is 0 Å². The lowest BCUT2D eigenvalue weighted by molar-refractivity contribution is -0.126. The largest absolute Gasteiger partial charge is 0.396 e. The van der Waals surface area contributed by atoms with Crippen molar-refractivity contribution >= 4 is 6.03 Å². The van der Waals surface area contributed by atoms with Crippen LogP contribution < -0.4 is 10.6 Å². The topological polar surface area (TPSA) is 70.6 Å². The summed E-state index contributed by atoms with van der Waals surface area (Å²) in [6, 6.07) is 0.384. The average Bonchev–Trinajstić information content (AvgIpc) is 3.22. The molecule has 5 nitrogen and oxygen atoms in total. The minimum atomic E-state index is -0.0306. The second kappa shape index (κ2) is 6.25. The molecule has 5 atom stereocenters. The van der Waals surface area contributed by atoms with Crippen LogP contribution in [0.1, 0.15) is 57.8 Å². The van der Waals surface area contributed by atoms with E-state index in [1.807, 2.05) is 0 Å². The highest BCUT2D eigenvalue weighted by molar-refractivity contribution is 5.75. The number of urea groups is 1. The summed E-state index contributed by atoms with van der Waals surface area (Å²) in [5.41, 5.74) is 0.210. The lowest BCUT2D eigenvalue weighted by atomic mass is 9.54. The SMILES string of the molecule is O=C(NC1CCCCC1CO)NC1C2CCOC2C12CCCC2. The van der Waals surface area contributed by atoms with Crippen molar-refractivity contribution in [3.8, 4) is 0 Å². The second-order valence-electron chi connectivity index (χ2n) is 8.11. The highest BCUT2D eigenvalue weighted by Gasteiger charge is 2.65. The molecule has 4 fully saturated rings. The number of carbonyl (C=O) groups excluding carboxylic acids is 1. The molecule has 1 saturated heterocycles. The van der Waals surface area contributed by atoms with Gasteiger partial charge in [-0.05, 0) is 32.1 Å². The molecule has 0 bridgehead atoms. The fourth-order valence-corrected chi connectivity index (χ4v) is 5.87. The van der Waals surface area contributed by atoms with Gasteiger partial charge in [-0.25, -0.2) is 4.79 Å². The van der Waals surface area contributed by atoms with Gasteiger partial charge in [-0.3, -0.25) is 0 Å². The zero-order valence-electron chi connectivity index (χ0n) is 13.9. The highest BCUT2D eigenvalue weighted by atomic mass is 16.5. The minimum absolute atomic E-state index is 0.0306. The molecule has 130 valence electrons. The van der Waals surface area contributed by atoms with Crippen molar-refractivity contribution in [1.29, 1.82) is 0 Å². The van der Waals surface area contributed by atoms with Gasteiger partial charge in [0.15, 0.2) is 0 Å². The highest BCUT2D eigenvalue weighted by Crippen LogP contribution is 2.60. The molecule has 23 heavy (non-hydrogen) atoms. The van der Waals surface area contributed by atoms with Gasteiger partial charge in [0, 0.05) is 42.5 Å². The number of aliphatic hydroxyl groups excluding tert-OH is 1. The number of hydrogen-bond acceptors (Lipinski definition) is 3. The molecule has 0 aromatic heterocycles. The minimum Gasteiger partial charge on any atom is -0.396 e. The van der Waals surface area contributed by atoms with Crippen LogP contribution in [-0.4, -0.2) is 42.5 Å². The number of rotatable bonds is 3. The van der Waals surface area contributed by atoms with E-state index in [1.165, 1.54) is 25.7 Å². The van der Waals surface area contributed by atoms with E-state index in [0.29, 0.717) is 12.0 Å². The molecule has 4 aliphatic rings. The van der Waals surface area contributed by atoms with Gasteiger partial charge in [-0.2, -0.15) is 0 Å². The Morgan fingerprint density at radius 2 is 1.87 bits per heavy atom. The Kier molecular flexibility index (Phi) is 4.26. The Labute approximate surface area is 138 Å². The number of ether oxygens (including phenoxy) is 1. The molecule has 3 N–H and O–H groups in total. The molecule has 5 unspecified atom stereocenters. The van der Waals surface area contributed by atoms with Crippen LogP contribution in [-0.2, 0) is 4.74 Å². The number of nitrogens with one attached hydrogen (secondary N) is 2. The van der Waals surface area contributed by atoms with E-state index < -0.39 is 0 Å². The predicted octanol–water partition coefficient (Wildman–Crippen LogP) is 2.18. The quantitative estimate of drug-likeness (QED) is 0.746. The average molecular weight is 322 g/mol. The van der Waals surface area contributed by atoms with Gasteiger partial charge in [0.1, 0.15) is 0 Å². The van der Waals surface area contributed by atoms with Crippen molar-refractivity contribution in [3.63, 3.8) is 0 Å². The first-order chi connectivity index (χ1) is 11.2. The molecule has 1 heterocycles. The van der Waals surface area contributed by atoms with Crippen LogP contribution in [0.3, 0.4) is 0 Å². The molecule has 0 radical (unpaired) electrons. The second-order valence-corrected chi connectivity index (χ2v) is 8.11. The number of fused-ring (bicyclic) bond motifs is 2. The molecule has 3 saturated carbocycles. The van der Waals surface area contributed by atoms with Crippen molar-refractivity contribution in [2.75, 3.05) is 13.2 Å². The van der Waals surface area contributed by atoms with E-state index in [2.05, 4.69) is 10.6 Å².